The quantitative estimate of drug-likeness (QED) is 0.0435. The second kappa shape index (κ2) is 26.5. The lowest BCUT2D eigenvalue weighted by molar-refractivity contribution is -0.144. The highest BCUT2D eigenvalue weighted by molar-refractivity contribution is 7.90. The fraction of sp³-hybridized carbons (Fsp3) is 0.483. The normalized spacial score (nSPS) is 17.6. The van der Waals surface area contributed by atoms with Crippen molar-refractivity contribution in [3.8, 4) is 27.6 Å². The molecule has 5 aromatic heterocycles. The van der Waals surface area contributed by atoms with Crippen LogP contribution in [0.1, 0.15) is 96.4 Å². The lowest BCUT2D eigenvalue weighted by Crippen LogP contribution is -2.58. The number of rotatable bonds is 25. The maximum Gasteiger partial charge on any atom is 0.256 e. The second-order valence-electron chi connectivity index (χ2n) is 23.3. The van der Waals surface area contributed by atoms with E-state index >= 15 is 0 Å². The molecule has 7 heterocycles. The maximum absolute atomic E-state index is 14.1. The average Bonchev–Trinajstić information content (AvgIpc) is 3.49. The molecule has 3 fully saturated rings. The van der Waals surface area contributed by atoms with E-state index in [9.17, 15) is 27.9 Å². The number of piperazine rings is 1. The van der Waals surface area contributed by atoms with Crippen LogP contribution in [0.5, 0.6) is 5.75 Å². The minimum atomic E-state index is -3.51. The van der Waals surface area contributed by atoms with Crippen molar-refractivity contribution in [1.29, 1.82) is 0 Å². The molecule has 10 rings (SSSR count). The number of aryl methyl sites for hydroxylation is 1. The summed E-state index contributed by atoms with van der Waals surface area (Å²) < 4.78 is 46.5. The highest BCUT2D eigenvalue weighted by Crippen LogP contribution is 2.33. The molecular weight excluding hydrogens is 1120 g/mol. The highest BCUT2D eigenvalue weighted by Gasteiger charge is 2.45. The Labute approximate surface area is 499 Å². The number of imidazole rings is 1. The molecule has 452 valence electrons. The number of nitrogens with zero attached hydrogens (tertiary/aromatic N) is 11. The predicted molar refractivity (Wildman–Crippen MR) is 324 cm³/mol. The topological polar surface area (TPSA) is 266 Å². The van der Waals surface area contributed by atoms with Crippen molar-refractivity contribution in [2.75, 3.05) is 75.9 Å². The molecule has 0 spiro atoms. The van der Waals surface area contributed by atoms with E-state index in [0.29, 0.717) is 62.1 Å². The van der Waals surface area contributed by atoms with Crippen LogP contribution in [0.2, 0.25) is 0 Å². The van der Waals surface area contributed by atoms with E-state index in [1.54, 1.807) is 29.8 Å². The van der Waals surface area contributed by atoms with Gasteiger partial charge in [-0.15, -0.1) is 11.3 Å². The molecule has 3 aliphatic rings. The number of likely N-dealkylation sites (tertiary alicyclic amines) is 1. The second-order valence-corrected chi connectivity index (χ2v) is 26.2. The third kappa shape index (κ3) is 14.8. The van der Waals surface area contributed by atoms with Crippen molar-refractivity contribution < 1.29 is 42.1 Å². The third-order valence-corrected chi connectivity index (χ3v) is 18.5. The van der Waals surface area contributed by atoms with Crippen molar-refractivity contribution in [1.82, 2.24) is 59.1 Å². The van der Waals surface area contributed by atoms with Gasteiger partial charge in [-0.3, -0.25) is 19.3 Å². The number of benzene rings is 2. The van der Waals surface area contributed by atoms with Crippen molar-refractivity contribution in [2.24, 2.45) is 5.41 Å². The lowest BCUT2D eigenvalue weighted by Gasteiger charge is -2.36. The minimum Gasteiger partial charge on any atom is -0.494 e. The molecule has 2 aliphatic heterocycles. The first-order valence-corrected chi connectivity index (χ1v) is 31.4. The Bertz CT molecular complexity index is 3560. The van der Waals surface area contributed by atoms with Crippen LogP contribution >= 0.6 is 11.3 Å². The molecule has 3 amide bonds. The summed E-state index contributed by atoms with van der Waals surface area (Å²) in [5.74, 6) is 1.68. The standard InChI is InChI=1S/C60H76N14O9S2/c1-38(2)74-49-30-52(67-51-19-20-61-57(68-51)43-31-64-73(33-43)85(79,80)47-17-18-47)62-32-48(49)66-53(74)35-82-28-25-70-21-23-71(24-22-70)44-13-15-46(16-14-44)83-27-8-26-81-36-54(76)69-56(60(5,6)7)59(78)72-34-45(75)29-50(72)58(77)65-39(3)41-9-11-42(12-10-41)55-40(4)63-37-84-55/h9-16,19-20,30-33,37-39,45,47,50,56,75H,8,17-18,21-29,34-36H2,1-7H3,(H,65,77)(H,69,76)(H,61,62,67,68)/t39-,45+,50-,56+/m0/s1. The van der Waals surface area contributed by atoms with Gasteiger partial charge in [-0.2, -0.15) is 9.19 Å². The van der Waals surface area contributed by atoms with E-state index in [0.717, 1.165) is 86.8 Å². The van der Waals surface area contributed by atoms with Gasteiger partial charge >= 0.3 is 0 Å². The molecule has 4 atom stereocenters. The summed E-state index contributed by atoms with van der Waals surface area (Å²) in [5, 5.41) is 23.5. The molecule has 4 N–H and O–H groups in total. The summed E-state index contributed by atoms with van der Waals surface area (Å²) in [4.78, 5) is 71.1. The summed E-state index contributed by atoms with van der Waals surface area (Å²) in [6.07, 6.45) is 7.28. The van der Waals surface area contributed by atoms with Gasteiger partial charge in [0.25, 0.3) is 10.0 Å². The number of amides is 3. The van der Waals surface area contributed by atoms with Crippen molar-refractivity contribution in [2.45, 2.75) is 116 Å². The number of nitrogens with one attached hydrogen (secondary N) is 3. The number of β-amino-alcohol motifs (C(OH)–C–C–N with tert-alkyl or cyclic N) is 1. The fourth-order valence-electron chi connectivity index (χ4n) is 10.6. The minimum absolute atomic E-state index is 0.0197. The largest absolute Gasteiger partial charge is 0.494 e. The number of fused-ring (bicyclic) bond motifs is 1. The van der Waals surface area contributed by atoms with E-state index in [1.807, 2.05) is 82.6 Å². The number of aliphatic hydroxyl groups is 1. The van der Waals surface area contributed by atoms with Gasteiger partial charge in [0.15, 0.2) is 5.82 Å². The van der Waals surface area contributed by atoms with Crippen LogP contribution in [0, 0.1) is 12.3 Å². The average molecular weight is 1200 g/mol. The van der Waals surface area contributed by atoms with Crippen LogP contribution < -0.4 is 25.6 Å². The molecule has 1 aliphatic carbocycles. The molecule has 25 heteroatoms. The van der Waals surface area contributed by atoms with Crippen LogP contribution in [-0.2, 0) is 40.5 Å². The summed E-state index contributed by atoms with van der Waals surface area (Å²) in [7, 11) is -3.51. The molecule has 0 bridgehead atoms. The number of ether oxygens (including phenoxy) is 3. The monoisotopic (exact) mass is 1200 g/mol. The van der Waals surface area contributed by atoms with Crippen molar-refractivity contribution in [3.63, 3.8) is 0 Å². The van der Waals surface area contributed by atoms with Crippen LogP contribution in [0.15, 0.2) is 91.0 Å². The number of thiazole rings is 1. The summed E-state index contributed by atoms with van der Waals surface area (Å²) >= 11 is 1.57. The Morgan fingerprint density at radius 1 is 0.859 bits per heavy atom. The summed E-state index contributed by atoms with van der Waals surface area (Å²) in [5.41, 5.74) is 7.29. The number of hydrogen-bond donors (Lipinski definition) is 4. The Morgan fingerprint density at radius 2 is 1.62 bits per heavy atom. The maximum atomic E-state index is 14.1. The van der Waals surface area contributed by atoms with Crippen LogP contribution in [0.25, 0.3) is 32.9 Å². The smallest absolute Gasteiger partial charge is 0.256 e. The summed E-state index contributed by atoms with van der Waals surface area (Å²) in [6.45, 7) is 19.2. The first-order chi connectivity index (χ1) is 40.8. The number of hydrogen-bond acceptors (Lipinski definition) is 19. The van der Waals surface area contributed by atoms with Gasteiger partial charge in [0, 0.05) is 76.1 Å². The molecule has 85 heavy (non-hydrogen) atoms. The number of carbonyl (C=O) groups excluding carboxylic acids is 3. The van der Waals surface area contributed by atoms with Gasteiger partial charge in [0.05, 0.1) is 83.0 Å². The number of aromatic nitrogens is 8. The highest BCUT2D eigenvalue weighted by atomic mass is 32.2. The van der Waals surface area contributed by atoms with E-state index < -0.39 is 45.4 Å². The Morgan fingerprint density at radius 3 is 2.33 bits per heavy atom. The fourth-order valence-corrected chi connectivity index (χ4v) is 12.9. The molecule has 23 nitrogen and oxygen atoms in total. The Hall–Kier alpha value is -7.42. The molecule has 2 saturated heterocycles. The zero-order valence-electron chi connectivity index (χ0n) is 49.2. The summed E-state index contributed by atoms with van der Waals surface area (Å²) in [6, 6.07) is 17.5. The van der Waals surface area contributed by atoms with Gasteiger partial charge in [-0.05, 0) is 87.4 Å². The van der Waals surface area contributed by atoms with Gasteiger partial charge in [-0.25, -0.2) is 33.3 Å². The number of carbonyl (C=O) groups is 3. The van der Waals surface area contributed by atoms with Crippen molar-refractivity contribution in [3.05, 3.63) is 108 Å². The molecule has 0 unspecified atom stereocenters. The first-order valence-electron chi connectivity index (χ1n) is 29.0. The van der Waals surface area contributed by atoms with E-state index in [4.69, 9.17) is 19.2 Å². The predicted octanol–water partition coefficient (Wildman–Crippen LogP) is 6.68. The van der Waals surface area contributed by atoms with Gasteiger partial charge < -0.3 is 49.6 Å². The SMILES string of the molecule is Cc1ncsc1-c1ccc([C@H](C)NC(=O)[C@@H]2C[C@@H](O)CN2C(=O)[C@@H](NC(=O)COCCCOc2ccc(N3CCN(CCOCc4nc5cnc(Nc6ccnc(-c7cnn(S(=O)(=O)C8CC8)c7)n6)cc5n4C(C)C)CC3)cc2)C(C)(C)C)cc1. The van der Waals surface area contributed by atoms with Crippen LogP contribution in [0.4, 0.5) is 17.3 Å². The van der Waals surface area contributed by atoms with Gasteiger partial charge in [0.1, 0.15) is 54.0 Å². The Kier molecular flexibility index (Phi) is 18.9. The van der Waals surface area contributed by atoms with Crippen LogP contribution in [-0.4, -0.2) is 169 Å². The van der Waals surface area contributed by atoms with Crippen LogP contribution in [0.3, 0.4) is 0 Å². The van der Waals surface area contributed by atoms with E-state index in [2.05, 4.69) is 81.3 Å². The lowest BCUT2D eigenvalue weighted by atomic mass is 9.85. The number of pyridine rings is 1. The zero-order valence-corrected chi connectivity index (χ0v) is 50.8. The first kappa shape index (κ1) is 60.7. The molecule has 0 radical (unpaired) electrons. The molecule has 1 saturated carbocycles. The van der Waals surface area contributed by atoms with Gasteiger partial charge in [0.2, 0.25) is 17.7 Å². The number of aliphatic hydroxyl groups excluding tert-OH is 1. The van der Waals surface area contributed by atoms with E-state index in [-0.39, 0.29) is 49.4 Å². The van der Waals surface area contributed by atoms with E-state index in [1.165, 1.54) is 17.3 Å². The third-order valence-electron chi connectivity index (χ3n) is 15.5. The molecular formula is C60H76N14O9S2. The molecule has 7 aromatic rings. The van der Waals surface area contributed by atoms with Gasteiger partial charge in [-0.1, -0.05) is 45.0 Å². The van der Waals surface area contributed by atoms with Crippen molar-refractivity contribution >= 4 is 67.4 Å². The number of anilines is 3. The zero-order chi connectivity index (χ0) is 60.0. The molecule has 2 aromatic carbocycles. The Balaban J connectivity index is 0.614.